The van der Waals surface area contributed by atoms with Crippen molar-refractivity contribution in [2.75, 3.05) is 0 Å². The maximum absolute atomic E-state index is 13.6. The van der Waals surface area contributed by atoms with Crippen molar-refractivity contribution in [3.05, 3.63) is 64.3 Å². The van der Waals surface area contributed by atoms with E-state index in [0.717, 1.165) is 0 Å². The van der Waals surface area contributed by atoms with Crippen molar-refractivity contribution >= 4 is 27.5 Å². The summed E-state index contributed by atoms with van der Waals surface area (Å²) in [5, 5.41) is 10.6. The van der Waals surface area contributed by atoms with Crippen molar-refractivity contribution in [3.8, 4) is 0 Å². The average Bonchev–Trinajstić information content (AvgIpc) is 2.90. The average molecular weight is 349 g/mol. The fraction of sp³-hybridized carbons (Fsp3) is 0.0714. The number of pyridine rings is 1. The van der Waals surface area contributed by atoms with Gasteiger partial charge in [-0.3, -0.25) is 9.20 Å². The van der Waals surface area contributed by atoms with E-state index in [1.54, 1.807) is 10.6 Å². The van der Waals surface area contributed by atoms with Crippen LogP contribution >= 0.6 is 15.9 Å². The standard InChI is InChI=1S/C14H10BrFN4O/c15-9-4-5-11(16)10(7-9)14(21)17-8-13-19-18-12-3-1-2-6-20(12)13/h1-7H,8H2,(H,17,21). The summed E-state index contributed by atoms with van der Waals surface area (Å²) in [6, 6.07) is 9.72. The van der Waals surface area contributed by atoms with E-state index in [0.29, 0.717) is 15.9 Å². The maximum Gasteiger partial charge on any atom is 0.254 e. The monoisotopic (exact) mass is 348 g/mol. The molecule has 21 heavy (non-hydrogen) atoms. The van der Waals surface area contributed by atoms with Crippen LogP contribution in [0.25, 0.3) is 5.65 Å². The molecule has 0 unspecified atom stereocenters. The van der Waals surface area contributed by atoms with Gasteiger partial charge in [-0.15, -0.1) is 10.2 Å². The second-order valence-corrected chi connectivity index (χ2v) is 5.27. The van der Waals surface area contributed by atoms with Crippen molar-refractivity contribution < 1.29 is 9.18 Å². The molecule has 1 amide bonds. The third-order valence-corrected chi connectivity index (χ3v) is 3.46. The Bertz CT molecular complexity index is 818. The zero-order chi connectivity index (χ0) is 14.8. The number of hydrogen-bond acceptors (Lipinski definition) is 3. The van der Waals surface area contributed by atoms with Crippen LogP contribution in [0, 0.1) is 5.82 Å². The molecule has 0 fully saturated rings. The third kappa shape index (κ3) is 2.78. The molecule has 106 valence electrons. The molecule has 0 spiro atoms. The molecule has 3 rings (SSSR count). The SMILES string of the molecule is O=C(NCc1nnc2ccccn12)c1cc(Br)ccc1F. The zero-order valence-corrected chi connectivity index (χ0v) is 12.3. The Morgan fingerprint density at radius 3 is 3.00 bits per heavy atom. The Balaban J connectivity index is 1.78. The number of hydrogen-bond donors (Lipinski definition) is 1. The fourth-order valence-electron chi connectivity index (χ4n) is 1.94. The lowest BCUT2D eigenvalue weighted by Gasteiger charge is -2.05. The number of nitrogens with zero attached hydrogens (tertiary/aromatic N) is 3. The molecule has 1 aromatic carbocycles. The highest BCUT2D eigenvalue weighted by Gasteiger charge is 2.13. The number of carbonyl (C=O) groups is 1. The molecular formula is C14H10BrFN4O. The molecule has 1 N–H and O–H groups in total. The summed E-state index contributed by atoms with van der Waals surface area (Å²) in [6.07, 6.45) is 1.80. The van der Waals surface area contributed by atoms with Crippen molar-refractivity contribution in [1.29, 1.82) is 0 Å². The molecule has 0 bridgehead atoms. The molecule has 0 saturated heterocycles. The van der Waals surface area contributed by atoms with Gasteiger partial charge in [0.2, 0.25) is 0 Å². The third-order valence-electron chi connectivity index (χ3n) is 2.96. The van der Waals surface area contributed by atoms with Crippen LogP contribution in [-0.2, 0) is 6.54 Å². The largest absolute Gasteiger partial charge is 0.345 e. The van der Waals surface area contributed by atoms with E-state index in [2.05, 4.69) is 31.4 Å². The number of nitrogens with one attached hydrogen (secondary N) is 1. The lowest BCUT2D eigenvalue weighted by atomic mass is 10.2. The quantitative estimate of drug-likeness (QED) is 0.791. The summed E-state index contributed by atoms with van der Waals surface area (Å²) < 4.78 is 16.0. The van der Waals surface area contributed by atoms with Gasteiger partial charge in [-0.25, -0.2) is 4.39 Å². The van der Waals surface area contributed by atoms with E-state index >= 15 is 0 Å². The highest BCUT2D eigenvalue weighted by molar-refractivity contribution is 9.10. The van der Waals surface area contributed by atoms with Crippen LogP contribution in [0.15, 0.2) is 47.1 Å². The Hall–Kier alpha value is -2.28. The molecule has 7 heteroatoms. The van der Waals surface area contributed by atoms with Gasteiger partial charge in [-0.1, -0.05) is 22.0 Å². The first kappa shape index (κ1) is 13.7. The van der Waals surface area contributed by atoms with Gasteiger partial charge in [0.25, 0.3) is 5.91 Å². The van der Waals surface area contributed by atoms with Crippen molar-refractivity contribution in [3.63, 3.8) is 0 Å². The molecule has 0 radical (unpaired) electrons. The topological polar surface area (TPSA) is 59.3 Å². The van der Waals surface area contributed by atoms with E-state index < -0.39 is 11.7 Å². The Labute approximate surface area is 127 Å². The molecule has 0 saturated carbocycles. The number of aromatic nitrogens is 3. The predicted octanol–water partition coefficient (Wildman–Crippen LogP) is 2.56. The summed E-state index contributed by atoms with van der Waals surface area (Å²) >= 11 is 3.21. The van der Waals surface area contributed by atoms with Crippen molar-refractivity contribution in [2.45, 2.75) is 6.54 Å². The number of fused-ring (bicyclic) bond motifs is 1. The van der Waals surface area contributed by atoms with E-state index in [4.69, 9.17) is 0 Å². The van der Waals surface area contributed by atoms with Crippen LogP contribution in [0.5, 0.6) is 0 Å². The summed E-state index contributed by atoms with van der Waals surface area (Å²) in [7, 11) is 0. The van der Waals surface area contributed by atoms with Gasteiger partial charge in [0, 0.05) is 10.7 Å². The number of rotatable bonds is 3. The Morgan fingerprint density at radius 2 is 2.14 bits per heavy atom. The normalized spacial score (nSPS) is 10.8. The van der Waals surface area contributed by atoms with Crippen LogP contribution in [0.3, 0.4) is 0 Å². The number of carbonyl (C=O) groups excluding carboxylic acids is 1. The molecule has 2 aromatic heterocycles. The molecule has 2 heterocycles. The first-order valence-electron chi connectivity index (χ1n) is 6.17. The first-order chi connectivity index (χ1) is 10.1. The van der Waals surface area contributed by atoms with Crippen molar-refractivity contribution in [1.82, 2.24) is 19.9 Å². The van der Waals surface area contributed by atoms with Crippen molar-refractivity contribution in [2.24, 2.45) is 0 Å². The minimum absolute atomic E-state index is 0.0156. The summed E-state index contributed by atoms with van der Waals surface area (Å²) in [5.41, 5.74) is 0.675. The molecule has 0 aliphatic carbocycles. The number of amides is 1. The van der Waals surface area contributed by atoms with Crippen LogP contribution < -0.4 is 5.32 Å². The highest BCUT2D eigenvalue weighted by atomic mass is 79.9. The fourth-order valence-corrected chi connectivity index (χ4v) is 2.30. The Kier molecular flexibility index (Phi) is 3.66. The highest BCUT2D eigenvalue weighted by Crippen LogP contribution is 2.15. The molecule has 3 aromatic rings. The summed E-state index contributed by atoms with van der Waals surface area (Å²) in [4.78, 5) is 12.0. The Morgan fingerprint density at radius 1 is 1.29 bits per heavy atom. The van der Waals surface area contributed by atoms with Crippen LogP contribution in [0.4, 0.5) is 4.39 Å². The van der Waals surface area contributed by atoms with Gasteiger partial charge in [0.1, 0.15) is 5.82 Å². The smallest absolute Gasteiger partial charge is 0.254 e. The van der Waals surface area contributed by atoms with Crippen LogP contribution in [0.2, 0.25) is 0 Å². The molecular weight excluding hydrogens is 339 g/mol. The zero-order valence-electron chi connectivity index (χ0n) is 10.8. The predicted molar refractivity (Wildman–Crippen MR) is 78.3 cm³/mol. The van der Waals surface area contributed by atoms with Gasteiger partial charge < -0.3 is 5.32 Å². The molecule has 5 nitrogen and oxygen atoms in total. The lowest BCUT2D eigenvalue weighted by molar-refractivity contribution is 0.0945. The van der Waals surface area contributed by atoms with Gasteiger partial charge in [-0.2, -0.15) is 0 Å². The van der Waals surface area contributed by atoms with E-state index in [-0.39, 0.29) is 12.1 Å². The summed E-state index contributed by atoms with van der Waals surface area (Å²) in [5.74, 6) is -0.488. The van der Waals surface area contributed by atoms with Crippen LogP contribution in [0.1, 0.15) is 16.2 Å². The van der Waals surface area contributed by atoms with E-state index in [1.807, 2.05) is 18.2 Å². The molecule has 0 aliphatic heterocycles. The van der Waals surface area contributed by atoms with Gasteiger partial charge >= 0.3 is 0 Å². The maximum atomic E-state index is 13.6. The van der Waals surface area contributed by atoms with Gasteiger partial charge in [0.15, 0.2) is 11.5 Å². The first-order valence-corrected chi connectivity index (χ1v) is 6.96. The number of benzene rings is 1. The summed E-state index contributed by atoms with van der Waals surface area (Å²) in [6.45, 7) is 0.163. The van der Waals surface area contributed by atoms with Gasteiger partial charge in [0.05, 0.1) is 12.1 Å². The minimum Gasteiger partial charge on any atom is -0.345 e. The number of halogens is 2. The van der Waals surface area contributed by atoms with E-state index in [9.17, 15) is 9.18 Å². The van der Waals surface area contributed by atoms with Gasteiger partial charge in [-0.05, 0) is 30.3 Å². The minimum atomic E-state index is -0.568. The molecule has 0 atom stereocenters. The molecule has 0 aliphatic rings. The van der Waals surface area contributed by atoms with E-state index in [1.165, 1.54) is 18.2 Å². The second kappa shape index (κ2) is 5.61. The van der Waals surface area contributed by atoms with Crippen LogP contribution in [-0.4, -0.2) is 20.5 Å². The lowest BCUT2D eigenvalue weighted by Crippen LogP contribution is -2.25. The second-order valence-electron chi connectivity index (χ2n) is 4.35.